The molecule has 1 heteroatoms. The second-order valence-electron chi connectivity index (χ2n) is 5.59. The van der Waals surface area contributed by atoms with E-state index in [-0.39, 0.29) is 0 Å². The van der Waals surface area contributed by atoms with Crippen LogP contribution in [-0.4, -0.2) is 25.0 Å². The Morgan fingerprint density at radius 3 is 2.15 bits per heavy atom. The van der Waals surface area contributed by atoms with Crippen LogP contribution >= 0.6 is 0 Å². The molecule has 0 saturated heterocycles. The lowest BCUT2D eigenvalue weighted by Gasteiger charge is -2.25. The molecule has 1 atom stereocenters. The second kappa shape index (κ2) is 5.64. The minimum absolute atomic E-state index is 0.476. The third-order valence-electron chi connectivity index (χ3n) is 2.56. The molecule has 1 nitrogen and oxygen atoms in total. The zero-order chi connectivity index (χ0) is 10.5. The summed E-state index contributed by atoms with van der Waals surface area (Å²) in [4.78, 5) is 2.46. The van der Waals surface area contributed by atoms with Gasteiger partial charge in [0.05, 0.1) is 0 Å². The van der Waals surface area contributed by atoms with Crippen molar-refractivity contribution in [2.45, 2.75) is 47.5 Å². The average Bonchev–Trinajstić information content (AvgIpc) is 1.99. The molecule has 0 radical (unpaired) electrons. The third-order valence-corrected chi connectivity index (χ3v) is 2.56. The molecule has 0 aliphatic heterocycles. The summed E-state index contributed by atoms with van der Waals surface area (Å²) in [7, 11) is 2.23. The van der Waals surface area contributed by atoms with Crippen molar-refractivity contribution in [2.24, 2.45) is 11.3 Å². The topological polar surface area (TPSA) is 3.24 Å². The van der Waals surface area contributed by atoms with Gasteiger partial charge in [-0.2, -0.15) is 0 Å². The van der Waals surface area contributed by atoms with Gasteiger partial charge in [-0.3, -0.25) is 0 Å². The van der Waals surface area contributed by atoms with Crippen LogP contribution in [0.5, 0.6) is 0 Å². The Morgan fingerprint density at radius 2 is 1.77 bits per heavy atom. The molecule has 0 aliphatic carbocycles. The van der Waals surface area contributed by atoms with E-state index in [1.165, 1.54) is 25.9 Å². The number of nitrogens with zero attached hydrogens (tertiary/aromatic N) is 1. The molecular formula is C12H27N. The van der Waals surface area contributed by atoms with Crippen molar-refractivity contribution in [3.05, 3.63) is 0 Å². The van der Waals surface area contributed by atoms with E-state index in [0.29, 0.717) is 5.41 Å². The molecule has 0 unspecified atom stereocenters. The van der Waals surface area contributed by atoms with Crippen LogP contribution in [-0.2, 0) is 0 Å². The lowest BCUT2D eigenvalue weighted by Crippen LogP contribution is -2.27. The minimum Gasteiger partial charge on any atom is -0.306 e. The van der Waals surface area contributed by atoms with Gasteiger partial charge in [0.25, 0.3) is 0 Å². The van der Waals surface area contributed by atoms with Crippen LogP contribution < -0.4 is 0 Å². The highest BCUT2D eigenvalue weighted by atomic mass is 15.1. The van der Waals surface area contributed by atoms with Gasteiger partial charge >= 0.3 is 0 Å². The fourth-order valence-corrected chi connectivity index (χ4v) is 1.28. The van der Waals surface area contributed by atoms with E-state index in [4.69, 9.17) is 0 Å². The van der Waals surface area contributed by atoms with Gasteiger partial charge in [-0.25, -0.2) is 0 Å². The molecule has 0 bridgehead atoms. The van der Waals surface area contributed by atoms with Crippen molar-refractivity contribution in [2.75, 3.05) is 20.1 Å². The summed E-state index contributed by atoms with van der Waals surface area (Å²) in [6, 6.07) is 0. The van der Waals surface area contributed by atoms with Gasteiger partial charge in [0.15, 0.2) is 0 Å². The van der Waals surface area contributed by atoms with E-state index in [0.717, 1.165) is 5.92 Å². The maximum absolute atomic E-state index is 2.46. The van der Waals surface area contributed by atoms with Crippen molar-refractivity contribution in [3.8, 4) is 0 Å². The van der Waals surface area contributed by atoms with Crippen LogP contribution in [0.15, 0.2) is 0 Å². The molecule has 0 heterocycles. The van der Waals surface area contributed by atoms with Gasteiger partial charge in [-0.1, -0.05) is 41.0 Å². The smallest absolute Gasteiger partial charge is 0.000387 e. The molecule has 0 rings (SSSR count). The lowest BCUT2D eigenvalue weighted by atomic mass is 9.92. The summed E-state index contributed by atoms with van der Waals surface area (Å²) >= 11 is 0. The van der Waals surface area contributed by atoms with E-state index < -0.39 is 0 Å². The predicted molar refractivity (Wildman–Crippen MR) is 61.0 cm³/mol. The summed E-state index contributed by atoms with van der Waals surface area (Å²) < 4.78 is 0. The second-order valence-corrected chi connectivity index (χ2v) is 5.59. The van der Waals surface area contributed by atoms with E-state index in [1.807, 2.05) is 0 Å². The Balaban J connectivity index is 3.57. The number of hydrogen-bond donors (Lipinski definition) is 0. The van der Waals surface area contributed by atoms with Gasteiger partial charge in [0.1, 0.15) is 0 Å². The van der Waals surface area contributed by atoms with E-state index in [2.05, 4.69) is 46.6 Å². The summed E-state index contributed by atoms with van der Waals surface area (Å²) in [6.07, 6.45) is 2.58. The predicted octanol–water partition coefficient (Wildman–Crippen LogP) is 3.40. The highest BCUT2D eigenvalue weighted by Crippen LogP contribution is 2.18. The average molecular weight is 185 g/mol. The maximum atomic E-state index is 2.46. The van der Waals surface area contributed by atoms with Crippen LogP contribution in [0.1, 0.15) is 47.5 Å². The van der Waals surface area contributed by atoms with Crippen LogP contribution in [0.2, 0.25) is 0 Å². The normalized spacial score (nSPS) is 15.0. The largest absolute Gasteiger partial charge is 0.306 e. The minimum atomic E-state index is 0.476. The first-order chi connectivity index (χ1) is 5.85. The molecule has 0 N–H and O–H groups in total. The zero-order valence-corrected chi connectivity index (χ0v) is 10.4. The standard InChI is InChI=1S/C12H27N/c1-7-11(2)10-13(6)9-8-12(3,4)5/h11H,7-10H2,1-6H3/t11-/m0/s1. The van der Waals surface area contributed by atoms with Gasteiger partial charge in [-0.15, -0.1) is 0 Å². The van der Waals surface area contributed by atoms with E-state index in [1.54, 1.807) is 0 Å². The van der Waals surface area contributed by atoms with Crippen molar-refractivity contribution in [1.29, 1.82) is 0 Å². The quantitative estimate of drug-likeness (QED) is 0.634. The summed E-state index contributed by atoms with van der Waals surface area (Å²) in [6.45, 7) is 14.0. The molecule has 0 spiro atoms. The molecule has 0 aromatic heterocycles. The summed E-state index contributed by atoms with van der Waals surface area (Å²) in [5.41, 5.74) is 0.476. The van der Waals surface area contributed by atoms with Gasteiger partial charge in [0.2, 0.25) is 0 Å². The van der Waals surface area contributed by atoms with Gasteiger partial charge in [-0.05, 0) is 31.3 Å². The van der Waals surface area contributed by atoms with E-state index >= 15 is 0 Å². The molecule has 0 fully saturated rings. The highest BCUT2D eigenvalue weighted by Gasteiger charge is 2.12. The molecular weight excluding hydrogens is 158 g/mol. The fraction of sp³-hybridized carbons (Fsp3) is 1.00. The van der Waals surface area contributed by atoms with Crippen LogP contribution in [0.25, 0.3) is 0 Å². The zero-order valence-electron chi connectivity index (χ0n) is 10.4. The SMILES string of the molecule is CC[C@H](C)CN(C)CCC(C)(C)C. The first-order valence-corrected chi connectivity index (χ1v) is 5.53. The Hall–Kier alpha value is -0.0400. The van der Waals surface area contributed by atoms with E-state index in [9.17, 15) is 0 Å². The third kappa shape index (κ3) is 8.29. The van der Waals surface area contributed by atoms with Crippen molar-refractivity contribution < 1.29 is 0 Å². The Labute approximate surface area is 84.5 Å². The number of hydrogen-bond acceptors (Lipinski definition) is 1. The molecule has 0 saturated carbocycles. The van der Waals surface area contributed by atoms with Crippen molar-refractivity contribution in [3.63, 3.8) is 0 Å². The van der Waals surface area contributed by atoms with Crippen molar-refractivity contribution in [1.82, 2.24) is 4.90 Å². The monoisotopic (exact) mass is 185 g/mol. The maximum Gasteiger partial charge on any atom is 0.000387 e. The van der Waals surface area contributed by atoms with Gasteiger partial charge in [0, 0.05) is 6.54 Å². The van der Waals surface area contributed by atoms with Crippen LogP contribution in [0, 0.1) is 11.3 Å². The molecule has 0 aromatic rings. The van der Waals surface area contributed by atoms with Crippen LogP contribution in [0.3, 0.4) is 0 Å². The number of rotatable bonds is 5. The fourth-order valence-electron chi connectivity index (χ4n) is 1.28. The Bertz CT molecular complexity index is 124. The Kier molecular flexibility index (Phi) is 5.62. The highest BCUT2D eigenvalue weighted by molar-refractivity contribution is 4.65. The molecule has 0 aromatic carbocycles. The summed E-state index contributed by atoms with van der Waals surface area (Å²) in [5.74, 6) is 0.838. The van der Waals surface area contributed by atoms with Crippen LogP contribution in [0.4, 0.5) is 0 Å². The Morgan fingerprint density at radius 1 is 1.23 bits per heavy atom. The molecule has 0 amide bonds. The lowest BCUT2D eigenvalue weighted by molar-refractivity contribution is 0.237. The molecule has 0 aliphatic rings. The van der Waals surface area contributed by atoms with Crippen molar-refractivity contribution >= 4 is 0 Å². The summed E-state index contributed by atoms with van der Waals surface area (Å²) in [5, 5.41) is 0. The molecule has 13 heavy (non-hydrogen) atoms. The first-order valence-electron chi connectivity index (χ1n) is 5.53. The molecule has 80 valence electrons. The first kappa shape index (κ1) is 13.0. The van der Waals surface area contributed by atoms with Gasteiger partial charge < -0.3 is 4.90 Å².